The molecule has 16 amide bonds. The van der Waals surface area contributed by atoms with Crippen LogP contribution in [0.15, 0.2) is 0 Å². The molecule has 0 spiro atoms. The van der Waals surface area contributed by atoms with E-state index in [1.54, 1.807) is 0 Å². The SMILES string of the molecule is O=C1NC2NC(=O)N3CN4C(=O)N5CN6C(=O)N7CN8C(=O)NC9NC(=O)N(CN%10C(=O)N(CN%11C(=O)N(CN1C23)C4C%115)C6C%107)C98. The molecule has 0 saturated carbocycles. The topological polar surface area (TPSA) is 224 Å². The highest BCUT2D eigenvalue weighted by atomic mass is 16.2. The first-order valence-electron chi connectivity index (χ1n) is 14.7. The Bertz CT molecular complexity index is 1430. The minimum Gasteiger partial charge on any atom is -0.314 e. The van der Waals surface area contributed by atoms with E-state index in [2.05, 4.69) is 21.3 Å². The van der Waals surface area contributed by atoms with Crippen LogP contribution in [0.2, 0.25) is 0 Å². The lowest BCUT2D eigenvalue weighted by atomic mass is 10.3. The predicted molar refractivity (Wildman–Crippen MR) is 137 cm³/mol. The van der Waals surface area contributed by atoms with Gasteiger partial charge in [-0.3, -0.25) is 58.8 Å². The number of urea groups is 8. The van der Waals surface area contributed by atoms with Gasteiger partial charge in [0.25, 0.3) is 0 Å². The van der Waals surface area contributed by atoms with Gasteiger partial charge in [-0.1, -0.05) is 0 Å². The van der Waals surface area contributed by atoms with E-state index in [4.69, 9.17) is 0 Å². The van der Waals surface area contributed by atoms with Gasteiger partial charge >= 0.3 is 48.2 Å². The minimum atomic E-state index is -0.974. The van der Waals surface area contributed by atoms with Crippen molar-refractivity contribution in [2.75, 3.05) is 40.0 Å². The second-order valence-corrected chi connectivity index (χ2v) is 12.9. The number of carbonyl (C=O) groups excluding carboxylic acids is 8. The molecular weight excluding hydrogens is 616 g/mol. The first-order valence-corrected chi connectivity index (χ1v) is 14.7. The molecule has 0 atom stereocenters. The van der Waals surface area contributed by atoms with Crippen LogP contribution in [0.25, 0.3) is 0 Å². The van der Waals surface area contributed by atoms with E-state index in [9.17, 15) is 38.4 Å². The van der Waals surface area contributed by atoms with Crippen molar-refractivity contribution < 1.29 is 38.4 Å². The summed E-state index contributed by atoms with van der Waals surface area (Å²) in [6, 6.07) is -4.13. The van der Waals surface area contributed by atoms with E-state index in [-0.39, 0.29) is 40.0 Å². The number of hydrogen-bond acceptors (Lipinski definition) is 8. The maximum absolute atomic E-state index is 14.2. The van der Waals surface area contributed by atoms with Gasteiger partial charge in [-0.05, 0) is 0 Å². The van der Waals surface area contributed by atoms with Gasteiger partial charge in [-0.25, -0.2) is 38.4 Å². The summed E-state index contributed by atoms with van der Waals surface area (Å²) in [5.74, 6) is 0. The summed E-state index contributed by atoms with van der Waals surface area (Å²) in [5.41, 5.74) is 0. The normalized spacial score (nSPS) is 39.3. The molecule has 11 saturated heterocycles. The van der Waals surface area contributed by atoms with Crippen molar-refractivity contribution in [1.82, 2.24) is 80.1 Å². The molecule has 11 aliphatic heterocycles. The third-order valence-corrected chi connectivity index (χ3v) is 10.9. The van der Waals surface area contributed by atoms with E-state index in [0.717, 1.165) is 0 Å². The Morgan fingerprint density at radius 2 is 0.500 bits per heavy atom. The van der Waals surface area contributed by atoms with Crippen molar-refractivity contribution in [2.45, 2.75) is 49.3 Å². The van der Waals surface area contributed by atoms with Crippen molar-refractivity contribution in [3.8, 4) is 0 Å². The molecule has 46 heavy (non-hydrogen) atoms. The number of amides is 16. The largest absolute Gasteiger partial charge is 0.326 e. The molecule has 24 nitrogen and oxygen atoms in total. The molecule has 0 aromatic heterocycles. The molecule has 0 aromatic carbocycles. The zero-order valence-electron chi connectivity index (χ0n) is 23.5. The lowest BCUT2D eigenvalue weighted by molar-refractivity contribution is -0.0152. The summed E-state index contributed by atoms with van der Waals surface area (Å²) < 4.78 is 0. The highest BCUT2D eigenvalue weighted by molar-refractivity contribution is 5.92. The first-order chi connectivity index (χ1) is 22.1. The molecule has 11 fully saturated rings. The van der Waals surface area contributed by atoms with Gasteiger partial charge in [0.05, 0.1) is 0 Å². The van der Waals surface area contributed by atoms with Crippen molar-refractivity contribution in [3.05, 3.63) is 0 Å². The Morgan fingerprint density at radius 3 is 0.717 bits per heavy atom. The van der Waals surface area contributed by atoms with Crippen LogP contribution in [0.5, 0.6) is 0 Å². The minimum absolute atomic E-state index is 0.236. The van der Waals surface area contributed by atoms with Crippen molar-refractivity contribution in [1.29, 1.82) is 0 Å². The quantitative estimate of drug-likeness (QED) is 0.201. The molecular formula is C22H24N16O8. The van der Waals surface area contributed by atoms with Crippen LogP contribution >= 0.6 is 0 Å². The smallest absolute Gasteiger partial charge is 0.314 e. The summed E-state index contributed by atoms with van der Waals surface area (Å²) >= 11 is 0. The molecule has 11 heterocycles. The van der Waals surface area contributed by atoms with Crippen molar-refractivity contribution in [2.24, 2.45) is 0 Å². The molecule has 11 aliphatic rings. The van der Waals surface area contributed by atoms with Gasteiger partial charge < -0.3 is 21.3 Å². The van der Waals surface area contributed by atoms with Crippen molar-refractivity contribution in [3.63, 3.8) is 0 Å². The molecule has 11 rings (SSSR count). The Kier molecular flexibility index (Phi) is 3.90. The third-order valence-electron chi connectivity index (χ3n) is 10.9. The van der Waals surface area contributed by atoms with E-state index in [1.165, 1.54) is 58.8 Å². The van der Waals surface area contributed by atoms with E-state index < -0.39 is 97.6 Å². The monoisotopic (exact) mass is 640 g/mol. The summed E-state index contributed by atoms with van der Waals surface area (Å²) in [6.45, 7) is -1.57. The van der Waals surface area contributed by atoms with Gasteiger partial charge in [0.1, 0.15) is 52.3 Å². The van der Waals surface area contributed by atoms with Crippen LogP contribution in [0.1, 0.15) is 0 Å². The lowest BCUT2D eigenvalue weighted by Gasteiger charge is -2.42. The molecule has 240 valence electrons. The molecule has 0 aromatic rings. The van der Waals surface area contributed by atoms with Gasteiger partial charge in [0, 0.05) is 0 Å². The van der Waals surface area contributed by atoms with Crippen LogP contribution in [-0.4, -0.2) is 196 Å². The summed E-state index contributed by atoms with van der Waals surface area (Å²) in [6.07, 6.45) is -6.90. The maximum atomic E-state index is 14.2. The summed E-state index contributed by atoms with van der Waals surface area (Å²) in [5, 5.41) is 10.8. The van der Waals surface area contributed by atoms with Crippen LogP contribution in [0.4, 0.5) is 38.4 Å². The summed E-state index contributed by atoms with van der Waals surface area (Å²) in [4.78, 5) is 125. The van der Waals surface area contributed by atoms with Crippen LogP contribution in [0.3, 0.4) is 0 Å². The summed E-state index contributed by atoms with van der Waals surface area (Å²) in [7, 11) is 0. The molecule has 0 bridgehead atoms. The predicted octanol–water partition coefficient (Wildman–Crippen LogP) is -4.57. The number of nitrogens with one attached hydrogen (secondary N) is 4. The van der Waals surface area contributed by atoms with Gasteiger partial charge in [-0.2, -0.15) is 0 Å². The van der Waals surface area contributed by atoms with Crippen LogP contribution in [0, 0.1) is 0 Å². The van der Waals surface area contributed by atoms with E-state index in [1.807, 2.05) is 0 Å². The molecule has 0 aliphatic carbocycles. The standard InChI is InChI=1S/C22H24N16O8/c39-15-23-7-9-27(15)1-31-11-13-35(19(31)43)5-37-14-12-33(21(37)45)3-29-10-8(25-17(29)41)26-18(42)30(10)4-34(12)22(46)38(14)6-36(13)20(44)32(11)2-28(9)16(40)24-7/h7-14H,1-6H2,(H,23,39)(H,24,40)(H,25,41)(H,26,42). The average molecular weight is 641 g/mol. The average Bonchev–Trinajstić information content (AvgIpc) is 3.81. The fourth-order valence-corrected chi connectivity index (χ4v) is 9.03. The third kappa shape index (κ3) is 2.47. The Morgan fingerprint density at radius 1 is 0.304 bits per heavy atom. The second-order valence-electron chi connectivity index (χ2n) is 12.9. The molecule has 24 heteroatoms. The highest BCUT2D eigenvalue weighted by Gasteiger charge is 2.70. The van der Waals surface area contributed by atoms with Gasteiger partial charge in [0.15, 0.2) is 37.0 Å². The lowest BCUT2D eigenvalue weighted by Crippen LogP contribution is -2.63. The van der Waals surface area contributed by atoms with E-state index >= 15 is 0 Å². The van der Waals surface area contributed by atoms with Gasteiger partial charge in [-0.15, -0.1) is 0 Å². The fraction of sp³-hybridized carbons (Fsp3) is 0.636. The maximum Gasteiger partial charge on any atom is 0.326 e. The molecule has 0 radical (unpaired) electrons. The number of hydrogen-bond donors (Lipinski definition) is 4. The first kappa shape index (κ1) is 24.5. The Hall–Kier alpha value is -5.84. The van der Waals surface area contributed by atoms with Crippen LogP contribution < -0.4 is 21.3 Å². The number of rotatable bonds is 0. The molecule has 4 N–H and O–H groups in total. The molecule has 0 unspecified atom stereocenters. The number of carbonyl (C=O) groups is 8. The van der Waals surface area contributed by atoms with Gasteiger partial charge in [0.2, 0.25) is 0 Å². The fourth-order valence-electron chi connectivity index (χ4n) is 9.03. The highest BCUT2D eigenvalue weighted by Crippen LogP contribution is 2.45. The van der Waals surface area contributed by atoms with Crippen LogP contribution in [-0.2, 0) is 0 Å². The second kappa shape index (κ2) is 7.34. The zero-order chi connectivity index (χ0) is 31.2. The zero-order valence-corrected chi connectivity index (χ0v) is 23.5. The Labute approximate surface area is 256 Å². The van der Waals surface area contributed by atoms with E-state index in [0.29, 0.717) is 0 Å². The number of nitrogens with zero attached hydrogens (tertiary/aromatic N) is 12. The Balaban J connectivity index is 1.01. The van der Waals surface area contributed by atoms with Crippen molar-refractivity contribution >= 4 is 48.2 Å².